The van der Waals surface area contributed by atoms with E-state index >= 15 is 0 Å². The van der Waals surface area contributed by atoms with Crippen LogP contribution < -0.4 is 55.7 Å². The molecule has 0 unspecified atom stereocenters. The number of aromatic nitrogens is 4. The first-order valence-corrected chi connectivity index (χ1v) is 43.7. The number of phenols is 1. The molecule has 0 saturated carbocycles. The van der Waals surface area contributed by atoms with Crippen LogP contribution in [0.1, 0.15) is 104 Å². The maximum atomic E-state index is 12.0. The van der Waals surface area contributed by atoms with Crippen LogP contribution in [0.25, 0.3) is 65.9 Å². The number of hydrogen-bond donors (Lipinski definition) is 8. The van der Waals surface area contributed by atoms with E-state index in [9.17, 15) is 29.4 Å². The number of fused-ring (bicyclic) bond motifs is 4. The molecule has 0 fully saturated rings. The second-order valence-electron chi connectivity index (χ2n) is 31.0. The molecule has 23 nitrogen and oxygen atoms in total. The Labute approximate surface area is 800 Å². The Morgan fingerprint density at radius 2 is 0.710 bits per heavy atom. The van der Waals surface area contributed by atoms with Gasteiger partial charge in [-0.3, -0.25) is 19.2 Å². The summed E-state index contributed by atoms with van der Waals surface area (Å²) in [5.74, 6) is 0.516. The van der Waals surface area contributed by atoms with Gasteiger partial charge in [0.05, 0.1) is 52.1 Å². The number of carboxylic acid groups (broad SMARTS) is 1. The average molecular weight is 1920 g/mol. The minimum atomic E-state index is -1.40. The zero-order valence-corrected chi connectivity index (χ0v) is 80.0. The van der Waals surface area contributed by atoms with Crippen molar-refractivity contribution in [1.29, 1.82) is 0 Å². The van der Waals surface area contributed by atoms with E-state index in [-0.39, 0.29) is 92.7 Å². The minimum absolute atomic E-state index is 0. The topological polar surface area (TPSA) is 353 Å². The van der Waals surface area contributed by atoms with E-state index in [1.54, 1.807) is 37.3 Å². The van der Waals surface area contributed by atoms with Gasteiger partial charge in [0.1, 0.15) is 42.8 Å². The maximum Gasteiger partial charge on any atom is 1.00 e. The van der Waals surface area contributed by atoms with E-state index < -0.39 is 13.1 Å². The monoisotopic (exact) mass is 1920 g/mol. The van der Waals surface area contributed by atoms with Gasteiger partial charge < -0.3 is 94.7 Å². The normalized spacial score (nSPS) is 10.5. The van der Waals surface area contributed by atoms with Crippen LogP contribution in [-0.2, 0) is 133 Å². The molecule has 682 valence electrons. The summed E-state index contributed by atoms with van der Waals surface area (Å²) in [4.78, 5) is 46.2. The van der Waals surface area contributed by atoms with Gasteiger partial charge in [-0.2, -0.15) is 0 Å². The van der Waals surface area contributed by atoms with Crippen molar-refractivity contribution in [2.45, 2.75) is 120 Å². The van der Waals surface area contributed by atoms with Crippen LogP contribution in [0.15, 0.2) is 252 Å². The molecule has 0 radical (unpaired) electrons. The van der Waals surface area contributed by atoms with E-state index in [1.165, 1.54) is 21.5 Å². The molecule has 0 saturated heterocycles. The predicted molar refractivity (Wildman–Crippen MR) is 525 cm³/mol. The number of phenolic OH excluding ortho intramolecular Hbond substituents is 1. The number of carbonyl (C=O) groups excluding carboxylic acids is 3. The van der Waals surface area contributed by atoms with E-state index in [0.29, 0.717) is 87.4 Å². The van der Waals surface area contributed by atoms with Crippen LogP contribution in [-0.4, -0.2) is 99.9 Å². The summed E-state index contributed by atoms with van der Waals surface area (Å²) in [5.41, 5.74) is 40.9. The van der Waals surface area contributed by atoms with Gasteiger partial charge in [0.2, 0.25) is 0 Å². The molecule has 11 aromatic carbocycles. The summed E-state index contributed by atoms with van der Waals surface area (Å²) >= 11 is 7.11. The fourth-order valence-corrected chi connectivity index (χ4v) is 15.7. The number of aliphatic hydroxyl groups excluding tert-OH is 1. The number of aromatic hydroxyl groups is 1. The van der Waals surface area contributed by atoms with Crippen LogP contribution in [0.3, 0.4) is 0 Å². The minimum Gasteiger partial charge on any atom is -0.870 e. The van der Waals surface area contributed by atoms with Crippen molar-refractivity contribution < 1.29 is 97.3 Å². The summed E-state index contributed by atoms with van der Waals surface area (Å²) in [6.07, 6.45) is 8.64. The Balaban J connectivity index is 0.000000223. The smallest absolute Gasteiger partial charge is 0.870 e. The zero-order valence-electron chi connectivity index (χ0n) is 76.0. The third-order valence-electron chi connectivity index (χ3n) is 21.1. The van der Waals surface area contributed by atoms with Gasteiger partial charge in [-0.05, 0) is 247 Å². The molecule has 15 aromatic rings. The third-order valence-corrected chi connectivity index (χ3v) is 22.4. The zero-order chi connectivity index (χ0) is 92.3. The molecule has 0 aliphatic carbocycles. The van der Waals surface area contributed by atoms with Crippen molar-refractivity contribution in [3.8, 4) is 45.3 Å². The first-order chi connectivity index (χ1) is 61.5. The molecule has 0 bridgehead atoms. The molecule has 131 heavy (non-hydrogen) atoms. The van der Waals surface area contributed by atoms with Gasteiger partial charge in [-0.15, -0.1) is 12.4 Å². The summed E-state index contributed by atoms with van der Waals surface area (Å²) in [7, 11) is 6.69. The van der Waals surface area contributed by atoms with Gasteiger partial charge in [0.15, 0.2) is 0 Å². The van der Waals surface area contributed by atoms with E-state index in [2.05, 4.69) is 143 Å². The number of aliphatic carboxylic acids is 1. The number of halogens is 3. The van der Waals surface area contributed by atoms with Gasteiger partial charge in [0.25, 0.3) is 0 Å². The molecule has 0 amide bonds. The van der Waals surface area contributed by atoms with Gasteiger partial charge in [0, 0.05) is 147 Å². The van der Waals surface area contributed by atoms with Crippen LogP contribution >= 0.6 is 44.3 Å². The molecule has 4 heterocycles. The number of benzene rings is 11. The Hall–Kier alpha value is -11.7. The Morgan fingerprint density at radius 1 is 0.389 bits per heavy atom. The molecular formula is C103H114BBr2ClLiN7O16. The molecule has 0 aliphatic rings. The van der Waals surface area contributed by atoms with Crippen molar-refractivity contribution in [3.63, 3.8) is 0 Å². The third kappa shape index (κ3) is 30.2. The van der Waals surface area contributed by atoms with E-state index in [1.807, 2.05) is 190 Å². The number of aryl methyl sites for hydroxylation is 8. The number of hydrogen-bond acceptors (Lipinski definition) is 18. The number of esters is 3. The number of carbonyl (C=O) groups is 4. The van der Waals surface area contributed by atoms with Crippen molar-refractivity contribution in [3.05, 3.63) is 336 Å². The summed E-state index contributed by atoms with van der Waals surface area (Å²) < 4.78 is 43.8. The first kappa shape index (κ1) is 106. The van der Waals surface area contributed by atoms with Crippen LogP contribution in [0.4, 0.5) is 0 Å². The van der Waals surface area contributed by atoms with Crippen LogP contribution in [0.2, 0.25) is 0 Å². The Morgan fingerprint density at radius 3 is 1.07 bits per heavy atom. The second kappa shape index (κ2) is 51.8. The Kier molecular flexibility index (Phi) is 42.0. The maximum absolute atomic E-state index is 12.0. The molecule has 0 aliphatic heterocycles. The molecule has 0 atom stereocenters. The molecule has 28 heteroatoms. The molecule has 4 aromatic heterocycles. The number of nitrogens with two attached hydrogens (primary N) is 3. The summed E-state index contributed by atoms with van der Waals surface area (Å²) in [6.45, 7) is 17.0. The first-order valence-electron chi connectivity index (χ1n) is 42.1. The SMILES string of the molecule is CCOC(=O)Cc1ccc(C)cc1O.CCOC(=O)Cc1ccc(C)cc1OCc1cc(-c2cccc(CN)c2)c2ccn(C)c2c1.CCOC(=O)Cc1ccc(C)cc1OCc1cc(Br)c2ccn(C)c2c1.Cc1ccc(CC(=O)O)c(OCc2cc(-c3cccc(CN)c3)c3ccn(C)c3c2)c1.Cl.Cn1ccc2c(Br)cc(CO)cc21.NCc1cccc(B(O)O)c1.[Li+].[OH-]. The molecule has 0 spiro atoms. The van der Waals surface area contributed by atoms with E-state index in [4.69, 9.17) is 60.8 Å². The number of nitrogens with zero attached hydrogens (tertiary/aromatic N) is 4. The predicted octanol–water partition coefficient (Wildman–Crippen LogP) is 15.4. The van der Waals surface area contributed by atoms with Crippen LogP contribution in [0, 0.1) is 27.7 Å². The number of aliphatic hydroxyl groups is 1. The van der Waals surface area contributed by atoms with Crippen molar-refractivity contribution in [2.75, 3.05) is 19.8 Å². The number of rotatable bonds is 27. The van der Waals surface area contributed by atoms with Gasteiger partial charge in [-0.25, -0.2) is 0 Å². The average Bonchev–Trinajstić information content (AvgIpc) is 1.67. The van der Waals surface area contributed by atoms with Gasteiger partial charge in [-0.1, -0.05) is 141 Å². The largest absolute Gasteiger partial charge is 1.00 e. The molecule has 12 N–H and O–H groups in total. The Bertz CT molecular complexity index is 6370. The quantitative estimate of drug-likeness (QED) is 0.0135. The molecular weight excluding hydrogens is 1800 g/mol. The fourth-order valence-electron chi connectivity index (χ4n) is 14.5. The van der Waals surface area contributed by atoms with Crippen LogP contribution in [0.5, 0.6) is 23.0 Å². The van der Waals surface area contributed by atoms with Crippen molar-refractivity contribution >= 4 is 124 Å². The number of ether oxygens (including phenoxy) is 6. The van der Waals surface area contributed by atoms with Crippen molar-refractivity contribution in [1.82, 2.24) is 18.3 Å². The fraction of sp³-hybridized carbons (Fsp3) is 0.243. The second-order valence-corrected chi connectivity index (χ2v) is 32.7. The summed E-state index contributed by atoms with van der Waals surface area (Å²) in [5, 5.41) is 50.0. The molecule has 15 rings (SSSR count). The number of carboxylic acids is 1. The van der Waals surface area contributed by atoms with Gasteiger partial charge >= 0.3 is 49.9 Å². The standard InChI is InChI=1S/C28H30N2O3.C26H26N2O3.C21H22BrNO3.C11H14O3.C10H10BrNO.C7H10BNO2.ClH.Li.H2O/c1-4-32-28(31)16-23-9-8-19(2)12-27(23)33-18-21-14-25(22-7-5-6-20(13-22)17-29)24-10-11-30(3)26(24)15-21;1-17-6-7-21(14-26(29)30)25(10-17)31-16-19-12-23(20-5-3-4-18(11-20)15-27)22-8-9-28(2)24(22)13-19;1-4-25-21(24)12-16-6-5-14(2)9-20(16)26-13-15-10-18(22)17-7-8-23(3)19(17)11-15;1-3-14-11(13)7-9-5-4-8(2)6-10(9)12;1-12-3-2-8-9(11)4-7(6-13)5-10(8)12;9-5-6-2-1-3-7(4-6)8(10)11;;;/h5-15H,4,16-18,29H2,1-3H3;3-13H,14-16,27H2,1-2H3,(H,29,30);5-11H,4,12-13H2,1-3H3;4-6,12H,3,7H2,1-2H3;2-5,13H,6H2,1H3;1-4,10-11H,5,9H2;1H;;1H2/q;;;;;;;+1;/p-1. The summed E-state index contributed by atoms with van der Waals surface area (Å²) in [6, 6.07) is 71.3. The van der Waals surface area contributed by atoms with E-state index in [0.717, 1.165) is 131 Å². The van der Waals surface area contributed by atoms with Crippen molar-refractivity contribution in [2.24, 2.45) is 45.4 Å².